The molecule has 0 amide bonds. The molecule has 3 atom stereocenters. The van der Waals surface area contributed by atoms with Crippen LogP contribution in [0.25, 0.3) is 10.9 Å². The van der Waals surface area contributed by atoms with Gasteiger partial charge in [-0.2, -0.15) is 0 Å². The molecule has 1 aliphatic carbocycles. The third kappa shape index (κ3) is 2.68. The van der Waals surface area contributed by atoms with Crippen molar-refractivity contribution in [1.29, 1.82) is 0 Å². The first-order chi connectivity index (χ1) is 12.3. The quantitative estimate of drug-likeness (QED) is 0.715. The van der Waals surface area contributed by atoms with Crippen molar-refractivity contribution in [3.05, 3.63) is 59.9 Å². The highest BCUT2D eigenvalue weighted by Gasteiger charge is 2.39. The molecule has 2 aromatic heterocycles. The van der Waals surface area contributed by atoms with Gasteiger partial charge in [0.1, 0.15) is 0 Å². The molecule has 0 bridgehead atoms. The average molecular weight is 350 g/mol. The van der Waals surface area contributed by atoms with E-state index in [0.717, 1.165) is 10.8 Å². The molecule has 25 heavy (non-hydrogen) atoms. The van der Waals surface area contributed by atoms with Crippen LogP contribution in [-0.4, -0.2) is 40.3 Å². The third-order valence-electron chi connectivity index (χ3n) is 5.92. The van der Waals surface area contributed by atoms with Crippen molar-refractivity contribution >= 4 is 22.7 Å². The van der Waals surface area contributed by atoms with Crippen LogP contribution in [0.15, 0.2) is 53.8 Å². The first kappa shape index (κ1) is 15.5. The first-order valence-corrected chi connectivity index (χ1v) is 10.1. The summed E-state index contributed by atoms with van der Waals surface area (Å²) in [6.07, 6.45) is 6.58. The molecule has 4 heteroatoms. The van der Waals surface area contributed by atoms with Crippen LogP contribution in [0.1, 0.15) is 23.5 Å². The van der Waals surface area contributed by atoms with Gasteiger partial charge in [0.05, 0.1) is 5.03 Å². The van der Waals surface area contributed by atoms with Crippen molar-refractivity contribution < 1.29 is 0 Å². The smallest absolute Gasteiger partial charge is 0.0959 e. The molecular weight excluding hydrogens is 326 g/mol. The Morgan fingerprint density at radius 1 is 1.24 bits per heavy atom. The van der Waals surface area contributed by atoms with Gasteiger partial charge in [-0.3, -0.25) is 0 Å². The summed E-state index contributed by atoms with van der Waals surface area (Å²) in [7, 11) is 2.31. The second kappa shape index (κ2) is 6.19. The van der Waals surface area contributed by atoms with Gasteiger partial charge in [-0.05, 0) is 55.1 Å². The summed E-state index contributed by atoms with van der Waals surface area (Å²) in [4.78, 5) is 10.5. The van der Waals surface area contributed by atoms with E-state index in [1.54, 1.807) is 5.56 Å². The molecule has 0 spiro atoms. The SMILES string of the molecule is CN1C[C@H](CSc2ccccn2)CC2c3cccc4[nH]cc(c34)C[C@H]21. The van der Waals surface area contributed by atoms with Gasteiger partial charge in [-0.15, -0.1) is 11.8 Å². The first-order valence-electron chi connectivity index (χ1n) is 9.12. The summed E-state index contributed by atoms with van der Waals surface area (Å²) in [6.45, 7) is 1.19. The van der Waals surface area contributed by atoms with Crippen molar-refractivity contribution in [1.82, 2.24) is 14.9 Å². The number of aromatic amines is 1. The molecule has 5 rings (SSSR count). The van der Waals surface area contributed by atoms with E-state index in [1.165, 1.54) is 35.9 Å². The summed E-state index contributed by atoms with van der Waals surface area (Å²) in [5.41, 5.74) is 4.36. The van der Waals surface area contributed by atoms with Crippen LogP contribution in [0.3, 0.4) is 0 Å². The largest absolute Gasteiger partial charge is 0.361 e. The zero-order valence-corrected chi connectivity index (χ0v) is 15.3. The fourth-order valence-electron chi connectivity index (χ4n) is 4.81. The molecule has 1 N–H and O–H groups in total. The van der Waals surface area contributed by atoms with E-state index in [1.807, 2.05) is 24.0 Å². The number of likely N-dealkylation sites (tertiary alicyclic amines) is 1. The van der Waals surface area contributed by atoms with E-state index in [-0.39, 0.29) is 0 Å². The van der Waals surface area contributed by atoms with Gasteiger partial charge in [0.25, 0.3) is 0 Å². The predicted molar refractivity (Wildman–Crippen MR) is 104 cm³/mol. The molecule has 2 aliphatic rings. The monoisotopic (exact) mass is 349 g/mol. The number of pyridine rings is 1. The summed E-state index contributed by atoms with van der Waals surface area (Å²) >= 11 is 1.90. The maximum Gasteiger partial charge on any atom is 0.0959 e. The number of fused-ring (bicyclic) bond motifs is 2. The highest BCUT2D eigenvalue weighted by atomic mass is 32.2. The van der Waals surface area contributed by atoms with Crippen molar-refractivity contribution in [3.8, 4) is 0 Å². The molecule has 1 fully saturated rings. The van der Waals surface area contributed by atoms with Crippen molar-refractivity contribution in [2.45, 2.75) is 29.8 Å². The fraction of sp³-hybridized carbons (Fsp3) is 0.381. The zero-order valence-electron chi connectivity index (χ0n) is 14.5. The van der Waals surface area contributed by atoms with Crippen molar-refractivity contribution in [2.75, 3.05) is 19.3 Å². The minimum atomic E-state index is 0.644. The second-order valence-corrected chi connectivity index (χ2v) is 8.52. The topological polar surface area (TPSA) is 31.9 Å². The van der Waals surface area contributed by atoms with E-state index < -0.39 is 0 Å². The van der Waals surface area contributed by atoms with Gasteiger partial charge in [-0.25, -0.2) is 4.98 Å². The molecule has 1 aromatic carbocycles. The number of rotatable bonds is 3. The number of nitrogens with one attached hydrogen (secondary N) is 1. The molecule has 3 heterocycles. The van der Waals surface area contributed by atoms with Crippen molar-refractivity contribution in [2.24, 2.45) is 5.92 Å². The van der Waals surface area contributed by atoms with E-state index in [0.29, 0.717) is 17.9 Å². The van der Waals surface area contributed by atoms with Gasteiger partial charge >= 0.3 is 0 Å². The number of nitrogens with zero attached hydrogens (tertiary/aromatic N) is 2. The Bertz CT molecular complexity index is 889. The molecule has 3 aromatic rings. The number of H-pyrrole nitrogens is 1. The number of likely N-dealkylation sites (N-methyl/N-ethyl adjacent to an activating group) is 1. The Hall–Kier alpha value is -1.78. The number of thioether (sulfide) groups is 1. The highest BCUT2D eigenvalue weighted by Crippen LogP contribution is 2.44. The molecular formula is C21H23N3S. The zero-order chi connectivity index (χ0) is 16.8. The van der Waals surface area contributed by atoms with Gasteiger partial charge in [0, 0.05) is 47.6 Å². The number of hydrogen-bond donors (Lipinski definition) is 1. The minimum absolute atomic E-state index is 0.644. The number of piperidine rings is 1. The van der Waals surface area contributed by atoms with E-state index in [4.69, 9.17) is 0 Å². The molecule has 0 radical (unpaired) electrons. The van der Waals surface area contributed by atoms with Crippen LogP contribution in [0.5, 0.6) is 0 Å². The lowest BCUT2D eigenvalue weighted by Crippen LogP contribution is -2.48. The van der Waals surface area contributed by atoms with E-state index >= 15 is 0 Å². The Morgan fingerprint density at radius 3 is 3.08 bits per heavy atom. The van der Waals surface area contributed by atoms with Gasteiger partial charge in [0.15, 0.2) is 0 Å². The molecule has 1 saturated heterocycles. The number of hydrogen-bond acceptors (Lipinski definition) is 3. The Morgan fingerprint density at radius 2 is 2.20 bits per heavy atom. The van der Waals surface area contributed by atoms with Crippen molar-refractivity contribution in [3.63, 3.8) is 0 Å². The van der Waals surface area contributed by atoms with Gasteiger partial charge in [0.2, 0.25) is 0 Å². The number of benzene rings is 1. The predicted octanol–water partition coefficient (Wildman–Crippen LogP) is 4.32. The van der Waals surface area contributed by atoms with E-state index in [2.05, 4.69) is 58.4 Å². The van der Waals surface area contributed by atoms with E-state index in [9.17, 15) is 0 Å². The summed E-state index contributed by atoms with van der Waals surface area (Å²) in [5.74, 6) is 2.52. The molecule has 0 saturated carbocycles. The van der Waals surface area contributed by atoms with Crippen LogP contribution in [0, 0.1) is 5.92 Å². The average Bonchev–Trinajstić information content (AvgIpc) is 3.06. The summed E-state index contributed by atoms with van der Waals surface area (Å²) < 4.78 is 0. The minimum Gasteiger partial charge on any atom is -0.361 e. The Kier molecular flexibility index (Phi) is 3.83. The Balaban J connectivity index is 1.40. The number of aromatic nitrogens is 2. The molecule has 128 valence electrons. The van der Waals surface area contributed by atoms with Crippen LogP contribution in [0.4, 0.5) is 0 Å². The van der Waals surface area contributed by atoms with Crippen LogP contribution >= 0.6 is 11.8 Å². The third-order valence-corrected chi connectivity index (χ3v) is 7.09. The lowest BCUT2D eigenvalue weighted by atomic mass is 9.73. The van der Waals surface area contributed by atoms with Crippen LogP contribution in [0.2, 0.25) is 0 Å². The summed E-state index contributed by atoms with van der Waals surface area (Å²) in [6, 6.07) is 13.6. The summed E-state index contributed by atoms with van der Waals surface area (Å²) in [5, 5.41) is 2.64. The van der Waals surface area contributed by atoms with Crippen LogP contribution < -0.4 is 0 Å². The maximum absolute atomic E-state index is 4.46. The Labute approximate surface area is 152 Å². The highest BCUT2D eigenvalue weighted by molar-refractivity contribution is 7.99. The second-order valence-electron chi connectivity index (χ2n) is 7.48. The molecule has 1 unspecified atom stereocenters. The molecule has 3 nitrogen and oxygen atoms in total. The normalized spacial score (nSPS) is 25.9. The maximum atomic E-state index is 4.46. The van der Waals surface area contributed by atoms with Gasteiger partial charge in [-0.1, -0.05) is 18.2 Å². The molecule has 1 aliphatic heterocycles. The van der Waals surface area contributed by atoms with Crippen LogP contribution in [-0.2, 0) is 6.42 Å². The lowest BCUT2D eigenvalue weighted by Gasteiger charge is -2.45. The lowest BCUT2D eigenvalue weighted by molar-refractivity contribution is 0.121. The standard InChI is InChI=1S/C21H23N3S/c1-24-12-14(13-25-20-7-2-3-8-22-20)9-17-16-5-4-6-18-21(16)15(11-23-18)10-19(17)24/h2-8,11,14,17,19,23H,9-10,12-13H2,1H3/t14-,17?,19-/m1/s1. The van der Waals surface area contributed by atoms with Gasteiger partial charge < -0.3 is 9.88 Å². The fourth-order valence-corrected chi connectivity index (χ4v) is 5.77.